The summed E-state index contributed by atoms with van der Waals surface area (Å²) in [7, 11) is 0. The molecule has 3 rings (SSSR count). The van der Waals surface area contributed by atoms with Crippen molar-refractivity contribution in [3.8, 4) is 11.6 Å². The van der Waals surface area contributed by atoms with E-state index in [2.05, 4.69) is 13.8 Å². The van der Waals surface area contributed by atoms with Gasteiger partial charge in [-0.2, -0.15) is 0 Å². The van der Waals surface area contributed by atoms with Crippen LogP contribution in [0.3, 0.4) is 0 Å². The van der Waals surface area contributed by atoms with E-state index in [1.54, 1.807) is 27.7 Å². The Morgan fingerprint density at radius 1 is 1.15 bits per heavy atom. The summed E-state index contributed by atoms with van der Waals surface area (Å²) in [6, 6.07) is 8.16. The molecule has 10 nitrogen and oxygen atoms in total. The Balaban J connectivity index is 0.00000178. The monoisotopic (exact) mass is 564 g/mol. The lowest BCUT2D eigenvalue weighted by molar-refractivity contribution is -0.188. The molecule has 1 aliphatic heterocycles. The van der Waals surface area contributed by atoms with Crippen LogP contribution in [0.5, 0.6) is 11.6 Å². The summed E-state index contributed by atoms with van der Waals surface area (Å²) in [5.41, 5.74) is 2.41. The van der Waals surface area contributed by atoms with Crippen molar-refractivity contribution in [2.45, 2.75) is 118 Å². The highest BCUT2D eigenvalue weighted by atomic mass is 16.7. The Hall–Kier alpha value is -2.82. The molecule has 1 saturated heterocycles. The second kappa shape index (κ2) is 15.3. The molecule has 40 heavy (non-hydrogen) atoms. The molecule has 0 amide bonds. The number of rotatable bonds is 9. The van der Waals surface area contributed by atoms with Gasteiger partial charge in [0.1, 0.15) is 18.0 Å². The van der Waals surface area contributed by atoms with E-state index < -0.39 is 30.3 Å². The molecule has 1 aromatic heterocycles. The molecular formula is C30H48N2O8. The fourth-order valence-corrected chi connectivity index (χ4v) is 4.19. The lowest BCUT2D eigenvalue weighted by Gasteiger charge is -2.32. The molecule has 3 unspecified atom stereocenters. The summed E-state index contributed by atoms with van der Waals surface area (Å²) in [5.74, 6) is 1.30. The van der Waals surface area contributed by atoms with Gasteiger partial charge in [-0.1, -0.05) is 12.1 Å². The number of carbonyl (C=O) groups excluding carboxylic acids is 1. The highest BCUT2D eigenvalue weighted by Crippen LogP contribution is 2.31. The molecular weight excluding hydrogens is 516 g/mol. The molecule has 3 atom stereocenters. The van der Waals surface area contributed by atoms with Gasteiger partial charge in [0.05, 0.1) is 18.3 Å². The number of aliphatic hydroxyl groups is 2. The highest BCUT2D eigenvalue weighted by molar-refractivity contribution is 5.60. The quantitative estimate of drug-likeness (QED) is 0.388. The van der Waals surface area contributed by atoms with Crippen molar-refractivity contribution in [3.05, 3.63) is 41.1 Å². The molecule has 2 aromatic rings. The summed E-state index contributed by atoms with van der Waals surface area (Å²) >= 11 is 0. The minimum Gasteiger partial charge on any atom is -0.491 e. The van der Waals surface area contributed by atoms with E-state index >= 15 is 0 Å². The molecule has 0 radical (unpaired) electrons. The van der Waals surface area contributed by atoms with Gasteiger partial charge >= 0.3 is 6.16 Å². The number of carbonyl (C=O) groups is 1. The molecule has 2 N–H and O–H groups in total. The number of aromatic nitrogens is 2. The van der Waals surface area contributed by atoms with Gasteiger partial charge in [-0.25, -0.2) is 4.79 Å². The van der Waals surface area contributed by atoms with Crippen LogP contribution in [0.25, 0.3) is 0 Å². The van der Waals surface area contributed by atoms with E-state index in [0.717, 1.165) is 22.6 Å². The summed E-state index contributed by atoms with van der Waals surface area (Å²) < 4.78 is 30.3. The summed E-state index contributed by atoms with van der Waals surface area (Å²) in [6.45, 7) is 17.4. The molecule has 1 aromatic carbocycles. The normalized spacial score (nSPS) is 19.2. The number of hydrogen-bond donors (Lipinski definition) is 2. The lowest BCUT2D eigenvalue weighted by Crippen LogP contribution is -2.41. The van der Waals surface area contributed by atoms with Crippen LogP contribution >= 0.6 is 0 Å². The van der Waals surface area contributed by atoms with E-state index in [1.807, 2.05) is 49.7 Å². The Morgan fingerprint density at radius 3 is 2.33 bits per heavy atom. The van der Waals surface area contributed by atoms with E-state index in [4.69, 9.17) is 33.9 Å². The largest absolute Gasteiger partial charge is 0.508 e. The van der Waals surface area contributed by atoms with Crippen LogP contribution in [0.1, 0.15) is 91.1 Å². The van der Waals surface area contributed by atoms with Crippen molar-refractivity contribution < 1.29 is 38.7 Å². The molecule has 10 heteroatoms. The summed E-state index contributed by atoms with van der Waals surface area (Å²) in [6.07, 6.45) is -1.32. The van der Waals surface area contributed by atoms with Crippen LogP contribution in [0.2, 0.25) is 0 Å². The van der Waals surface area contributed by atoms with Crippen LogP contribution in [0.4, 0.5) is 4.79 Å². The average molecular weight is 565 g/mol. The maximum atomic E-state index is 11.9. The zero-order chi connectivity index (χ0) is 30.0. The topological polar surface area (TPSA) is 122 Å². The van der Waals surface area contributed by atoms with Crippen LogP contribution in [-0.4, -0.2) is 69.6 Å². The van der Waals surface area contributed by atoms with E-state index in [-0.39, 0.29) is 31.8 Å². The molecule has 2 heterocycles. The van der Waals surface area contributed by atoms with Crippen LogP contribution < -0.4 is 9.47 Å². The first kappa shape index (κ1) is 33.4. The SMILES string of the molecule is CCO.Cc1c(Cc2ccc(OC(C)C)cc2)c(OC2CC(O)CC(COC(=O)OC(C)(C)C)O2)nn1C(C)C. The molecule has 0 bridgehead atoms. The average Bonchev–Trinajstić information content (AvgIpc) is 3.13. The molecule has 1 fully saturated rings. The third-order valence-electron chi connectivity index (χ3n) is 5.77. The molecule has 0 saturated carbocycles. The number of nitrogens with zero attached hydrogens (tertiary/aromatic N) is 2. The molecule has 1 aliphatic rings. The minimum atomic E-state index is -0.771. The smallest absolute Gasteiger partial charge is 0.491 e. The van der Waals surface area contributed by atoms with E-state index in [0.29, 0.717) is 18.7 Å². The van der Waals surface area contributed by atoms with Gasteiger partial charge < -0.3 is 33.9 Å². The van der Waals surface area contributed by atoms with Gasteiger partial charge in [0.25, 0.3) is 0 Å². The van der Waals surface area contributed by atoms with Crippen molar-refractivity contribution in [3.63, 3.8) is 0 Å². The van der Waals surface area contributed by atoms with Crippen LogP contribution in [0, 0.1) is 6.92 Å². The van der Waals surface area contributed by atoms with Gasteiger partial charge in [0, 0.05) is 43.2 Å². The summed E-state index contributed by atoms with van der Waals surface area (Å²) in [4.78, 5) is 11.9. The molecule has 0 spiro atoms. The first-order valence-electron chi connectivity index (χ1n) is 14.0. The Morgan fingerprint density at radius 2 is 1.77 bits per heavy atom. The second-order valence-corrected chi connectivity index (χ2v) is 11.4. The predicted molar refractivity (Wildman–Crippen MR) is 152 cm³/mol. The van der Waals surface area contributed by atoms with Crippen molar-refractivity contribution in [1.82, 2.24) is 9.78 Å². The van der Waals surface area contributed by atoms with Crippen LogP contribution in [-0.2, 0) is 20.6 Å². The fourth-order valence-electron chi connectivity index (χ4n) is 4.19. The first-order valence-corrected chi connectivity index (χ1v) is 14.0. The fraction of sp³-hybridized carbons (Fsp3) is 0.667. The zero-order valence-electron chi connectivity index (χ0n) is 25.5. The van der Waals surface area contributed by atoms with Gasteiger partial charge in [-0.3, -0.25) is 4.68 Å². The Kier molecular flexibility index (Phi) is 12.7. The standard InChI is InChI=1S/C28H42N2O7.C2H6O/c1-17(2)30-19(5)24(13-20-9-11-22(12-10-20)34-18(3)4)26(29-30)36-25-15-21(31)14-23(35-25)16-33-27(32)37-28(6,7)8;1-2-3/h9-12,17-18,21,23,25,31H,13-16H2,1-8H3;3H,2H2,1H3. The maximum absolute atomic E-state index is 11.9. The number of hydrogen-bond acceptors (Lipinski definition) is 9. The van der Waals surface area contributed by atoms with Crippen molar-refractivity contribution >= 4 is 6.16 Å². The highest BCUT2D eigenvalue weighted by Gasteiger charge is 2.33. The molecule has 0 aliphatic carbocycles. The number of ether oxygens (including phenoxy) is 5. The van der Waals surface area contributed by atoms with Crippen molar-refractivity contribution in [2.75, 3.05) is 13.2 Å². The first-order chi connectivity index (χ1) is 18.7. The third-order valence-corrected chi connectivity index (χ3v) is 5.77. The van der Waals surface area contributed by atoms with E-state index in [9.17, 15) is 9.90 Å². The third kappa shape index (κ3) is 11.0. The molecule has 226 valence electrons. The minimum absolute atomic E-state index is 0.0387. The number of aliphatic hydroxyl groups excluding tert-OH is 2. The van der Waals surface area contributed by atoms with Crippen molar-refractivity contribution in [2.24, 2.45) is 0 Å². The number of benzene rings is 1. The maximum Gasteiger partial charge on any atom is 0.508 e. The van der Waals surface area contributed by atoms with Crippen molar-refractivity contribution in [1.29, 1.82) is 0 Å². The van der Waals surface area contributed by atoms with Gasteiger partial charge in [-0.15, -0.1) is 5.10 Å². The van der Waals surface area contributed by atoms with Gasteiger partial charge in [-0.05, 0) is 80.0 Å². The Bertz CT molecular complexity index is 1040. The zero-order valence-corrected chi connectivity index (χ0v) is 25.5. The van der Waals surface area contributed by atoms with Gasteiger partial charge in [0.2, 0.25) is 12.2 Å². The Labute approximate surface area is 238 Å². The predicted octanol–water partition coefficient (Wildman–Crippen LogP) is 5.35. The lowest BCUT2D eigenvalue weighted by atomic mass is 10.0. The van der Waals surface area contributed by atoms with Crippen LogP contribution in [0.15, 0.2) is 24.3 Å². The summed E-state index contributed by atoms with van der Waals surface area (Å²) in [5, 5.41) is 22.7. The second-order valence-electron chi connectivity index (χ2n) is 11.4. The van der Waals surface area contributed by atoms with E-state index in [1.165, 1.54) is 0 Å². The van der Waals surface area contributed by atoms with Gasteiger partial charge in [0.15, 0.2) is 0 Å².